The number of hydrogen-bond donors (Lipinski definition) is 0. The first-order chi connectivity index (χ1) is 11.9. The Kier molecular flexibility index (Phi) is 5.85. The molecule has 0 spiro atoms. The summed E-state index contributed by atoms with van der Waals surface area (Å²) in [6.45, 7) is 2.45. The second kappa shape index (κ2) is 7.92. The Balaban J connectivity index is 1.50. The number of thioether (sulfide) groups is 1. The van der Waals surface area contributed by atoms with Crippen LogP contribution in [0.25, 0.3) is 0 Å². The monoisotopic (exact) mass is 376 g/mol. The van der Waals surface area contributed by atoms with Crippen molar-refractivity contribution in [1.82, 2.24) is 9.88 Å². The van der Waals surface area contributed by atoms with E-state index in [0.717, 1.165) is 36.9 Å². The van der Waals surface area contributed by atoms with Crippen LogP contribution in [0.1, 0.15) is 18.4 Å². The molecule has 5 nitrogen and oxygen atoms in total. The second-order valence-corrected chi connectivity index (χ2v) is 7.02. The fourth-order valence-corrected chi connectivity index (χ4v) is 3.71. The number of amides is 1. The molecule has 1 amide bonds. The van der Waals surface area contributed by atoms with E-state index in [9.17, 15) is 18.0 Å². The minimum atomic E-state index is -4.40. The van der Waals surface area contributed by atoms with Crippen LogP contribution >= 0.6 is 11.8 Å². The van der Waals surface area contributed by atoms with Gasteiger partial charge in [-0.25, -0.2) is 4.98 Å². The summed E-state index contributed by atoms with van der Waals surface area (Å²) in [5.41, 5.74) is -0.793. The highest BCUT2D eigenvalue weighted by molar-refractivity contribution is 7.99. The van der Waals surface area contributed by atoms with Crippen molar-refractivity contribution in [3.63, 3.8) is 0 Å². The lowest BCUT2D eigenvalue weighted by atomic mass is 9.97. The average molecular weight is 376 g/mol. The number of nitrogens with zero attached hydrogens (tertiary/aromatic N) is 2. The van der Waals surface area contributed by atoms with Crippen LogP contribution in [-0.4, -0.2) is 54.1 Å². The number of ether oxygens (including phenoxy) is 2. The molecule has 0 N–H and O–H groups in total. The SMILES string of the molecule is O=C(CSc1ccc(C(F)(F)F)cn1)N1CCCC(C2OCCO2)C1. The summed E-state index contributed by atoms with van der Waals surface area (Å²) in [4.78, 5) is 17.9. The van der Waals surface area contributed by atoms with Crippen molar-refractivity contribution in [2.24, 2.45) is 5.92 Å². The van der Waals surface area contributed by atoms with E-state index >= 15 is 0 Å². The molecule has 2 aliphatic rings. The smallest absolute Gasteiger partial charge is 0.350 e. The lowest BCUT2D eigenvalue weighted by Crippen LogP contribution is -2.44. The Hall–Kier alpha value is -1.32. The van der Waals surface area contributed by atoms with Gasteiger partial charge in [-0.05, 0) is 25.0 Å². The van der Waals surface area contributed by atoms with E-state index in [1.807, 2.05) is 0 Å². The van der Waals surface area contributed by atoms with E-state index in [1.54, 1.807) is 4.90 Å². The number of alkyl halides is 3. The zero-order valence-corrected chi connectivity index (χ0v) is 14.3. The Labute approximate surface area is 147 Å². The zero-order valence-electron chi connectivity index (χ0n) is 13.5. The zero-order chi connectivity index (χ0) is 17.9. The summed E-state index contributed by atoms with van der Waals surface area (Å²) in [7, 11) is 0. The molecule has 3 rings (SSSR count). The van der Waals surface area contributed by atoms with E-state index in [2.05, 4.69) is 4.98 Å². The van der Waals surface area contributed by atoms with Crippen molar-refractivity contribution in [3.8, 4) is 0 Å². The maximum Gasteiger partial charge on any atom is 0.417 e. The van der Waals surface area contributed by atoms with Crippen molar-refractivity contribution in [1.29, 1.82) is 0 Å². The largest absolute Gasteiger partial charge is 0.417 e. The van der Waals surface area contributed by atoms with Crippen LogP contribution in [0.5, 0.6) is 0 Å². The van der Waals surface area contributed by atoms with Gasteiger partial charge in [0.2, 0.25) is 5.91 Å². The predicted octanol–water partition coefficient (Wildman–Crippen LogP) is 2.80. The molecule has 1 unspecified atom stereocenters. The number of piperidine rings is 1. The van der Waals surface area contributed by atoms with E-state index in [0.29, 0.717) is 31.3 Å². The quantitative estimate of drug-likeness (QED) is 0.757. The standard InChI is InChI=1S/C16H19F3N2O3S/c17-16(18,19)12-3-4-13(20-8-12)25-10-14(22)21-5-1-2-11(9-21)15-23-6-7-24-15/h3-4,8,11,15H,1-2,5-7,9-10H2. The molecule has 3 heterocycles. The molecule has 0 saturated carbocycles. The molecule has 138 valence electrons. The molecule has 1 aromatic heterocycles. The minimum Gasteiger partial charge on any atom is -0.350 e. The van der Waals surface area contributed by atoms with Crippen LogP contribution in [0.3, 0.4) is 0 Å². The van der Waals surface area contributed by atoms with Gasteiger partial charge in [0.1, 0.15) is 0 Å². The first-order valence-electron chi connectivity index (χ1n) is 8.10. The average Bonchev–Trinajstić information content (AvgIpc) is 3.14. The molecule has 2 aliphatic heterocycles. The normalized spacial score (nSPS) is 22.4. The minimum absolute atomic E-state index is 0.0469. The van der Waals surface area contributed by atoms with Crippen molar-refractivity contribution < 1.29 is 27.4 Å². The maximum absolute atomic E-state index is 12.5. The summed E-state index contributed by atoms with van der Waals surface area (Å²) in [5, 5.41) is 0.400. The summed E-state index contributed by atoms with van der Waals surface area (Å²) in [6.07, 6.45) is -2.00. The molecule has 0 bridgehead atoms. The van der Waals surface area contributed by atoms with E-state index in [1.165, 1.54) is 6.07 Å². The summed E-state index contributed by atoms with van der Waals surface area (Å²) < 4.78 is 48.6. The molecular formula is C16H19F3N2O3S. The second-order valence-electron chi connectivity index (χ2n) is 6.02. The Morgan fingerprint density at radius 2 is 2.08 bits per heavy atom. The number of pyridine rings is 1. The van der Waals surface area contributed by atoms with E-state index < -0.39 is 11.7 Å². The van der Waals surface area contributed by atoms with Crippen LogP contribution in [-0.2, 0) is 20.4 Å². The predicted molar refractivity (Wildman–Crippen MR) is 85.0 cm³/mol. The summed E-state index contributed by atoms with van der Waals surface area (Å²) >= 11 is 1.14. The number of carbonyl (C=O) groups is 1. The molecule has 9 heteroatoms. The third-order valence-electron chi connectivity index (χ3n) is 4.25. The first kappa shape index (κ1) is 18.5. The fraction of sp³-hybridized carbons (Fsp3) is 0.625. The van der Waals surface area contributed by atoms with E-state index in [4.69, 9.17) is 9.47 Å². The van der Waals surface area contributed by atoms with Crippen molar-refractivity contribution in [2.45, 2.75) is 30.3 Å². The molecule has 1 atom stereocenters. The number of rotatable bonds is 4. The molecule has 0 radical (unpaired) electrons. The fourth-order valence-electron chi connectivity index (χ4n) is 2.97. The van der Waals surface area contributed by atoms with Crippen LogP contribution < -0.4 is 0 Å². The molecular weight excluding hydrogens is 357 g/mol. The van der Waals surface area contributed by atoms with Crippen LogP contribution in [0.2, 0.25) is 0 Å². The van der Waals surface area contributed by atoms with Crippen molar-refractivity contribution >= 4 is 17.7 Å². The molecule has 2 saturated heterocycles. The number of aromatic nitrogens is 1. The Bertz CT molecular complexity index is 591. The van der Waals surface area contributed by atoms with E-state index in [-0.39, 0.29) is 23.9 Å². The van der Waals surface area contributed by atoms with Crippen molar-refractivity contribution in [3.05, 3.63) is 23.9 Å². The highest BCUT2D eigenvalue weighted by atomic mass is 32.2. The van der Waals surface area contributed by atoms with Crippen LogP contribution in [0.15, 0.2) is 23.4 Å². The lowest BCUT2D eigenvalue weighted by Gasteiger charge is -2.34. The first-order valence-corrected chi connectivity index (χ1v) is 9.09. The number of halogens is 3. The lowest BCUT2D eigenvalue weighted by molar-refractivity contribution is -0.138. The summed E-state index contributed by atoms with van der Waals surface area (Å²) in [6, 6.07) is 2.27. The summed E-state index contributed by atoms with van der Waals surface area (Å²) in [5.74, 6) is 0.279. The molecule has 25 heavy (non-hydrogen) atoms. The van der Waals surface area contributed by atoms with Gasteiger partial charge >= 0.3 is 6.18 Å². The van der Waals surface area contributed by atoms with Crippen molar-refractivity contribution in [2.75, 3.05) is 32.1 Å². The number of likely N-dealkylation sites (tertiary alicyclic amines) is 1. The van der Waals surface area contributed by atoms with Gasteiger partial charge in [-0.2, -0.15) is 13.2 Å². The van der Waals surface area contributed by atoms with Gasteiger partial charge in [0.15, 0.2) is 6.29 Å². The highest BCUT2D eigenvalue weighted by Crippen LogP contribution is 2.30. The topological polar surface area (TPSA) is 51.7 Å². The van der Waals surface area contributed by atoms with Gasteiger partial charge in [-0.15, -0.1) is 0 Å². The van der Waals surface area contributed by atoms with Gasteiger partial charge in [-0.1, -0.05) is 11.8 Å². The third kappa shape index (κ3) is 4.86. The van der Waals surface area contributed by atoms with Gasteiger partial charge in [0, 0.05) is 25.2 Å². The van der Waals surface area contributed by atoms with Gasteiger partial charge < -0.3 is 14.4 Å². The van der Waals surface area contributed by atoms with Crippen LogP contribution in [0, 0.1) is 5.92 Å². The number of hydrogen-bond acceptors (Lipinski definition) is 5. The van der Waals surface area contributed by atoms with Gasteiger partial charge in [-0.3, -0.25) is 4.79 Å². The Morgan fingerprint density at radius 1 is 1.32 bits per heavy atom. The molecule has 2 fully saturated rings. The van der Waals surface area contributed by atoms with Gasteiger partial charge in [0.05, 0.1) is 29.6 Å². The van der Waals surface area contributed by atoms with Gasteiger partial charge in [0.25, 0.3) is 0 Å². The number of carbonyl (C=O) groups excluding carboxylic acids is 1. The maximum atomic E-state index is 12.5. The Morgan fingerprint density at radius 3 is 2.72 bits per heavy atom. The highest BCUT2D eigenvalue weighted by Gasteiger charge is 2.33. The molecule has 1 aromatic rings. The third-order valence-corrected chi connectivity index (χ3v) is 5.18. The molecule has 0 aromatic carbocycles. The van der Waals surface area contributed by atoms with Crippen LogP contribution in [0.4, 0.5) is 13.2 Å². The molecule has 0 aliphatic carbocycles.